The topological polar surface area (TPSA) is 71.1 Å². The molecule has 270 valence electrons. The van der Waals surface area contributed by atoms with E-state index >= 15 is 0 Å². The minimum absolute atomic E-state index is 0.0743. The SMILES string of the molecule is CCCCCC/C=C/COC(=O)CCCCCCCC(CCCCCCCC(=O)OC/C=C/CCCCCC)OPCCCOC. The Labute approximate surface area is 286 Å². The molecule has 1 atom stereocenters. The quantitative estimate of drug-likeness (QED) is 0.0286. The molecule has 0 N–H and O–H groups in total. The van der Waals surface area contributed by atoms with Crippen LogP contribution in [0.3, 0.4) is 0 Å². The molecule has 0 aliphatic carbocycles. The predicted octanol–water partition coefficient (Wildman–Crippen LogP) is 11.6. The van der Waals surface area contributed by atoms with E-state index in [0.29, 0.717) is 41.0 Å². The van der Waals surface area contributed by atoms with E-state index in [1.807, 2.05) is 12.2 Å². The van der Waals surface area contributed by atoms with Crippen LogP contribution in [0.5, 0.6) is 0 Å². The monoisotopic (exact) mass is 669 g/mol. The van der Waals surface area contributed by atoms with Crippen LogP contribution >= 0.6 is 8.81 Å². The maximum atomic E-state index is 12.0. The number of carbonyl (C=O) groups is 2. The van der Waals surface area contributed by atoms with Crippen molar-refractivity contribution in [2.24, 2.45) is 0 Å². The molecule has 0 heterocycles. The number of carbonyl (C=O) groups excluding carboxylic acids is 2. The van der Waals surface area contributed by atoms with Crippen LogP contribution < -0.4 is 0 Å². The lowest BCUT2D eigenvalue weighted by Gasteiger charge is -2.18. The highest BCUT2D eigenvalue weighted by molar-refractivity contribution is 7.32. The number of unbranched alkanes of at least 4 members (excludes halogenated alkanes) is 16. The van der Waals surface area contributed by atoms with E-state index < -0.39 is 0 Å². The van der Waals surface area contributed by atoms with Gasteiger partial charge in [0.1, 0.15) is 13.2 Å². The third kappa shape index (κ3) is 35.6. The summed E-state index contributed by atoms with van der Waals surface area (Å²) in [6.07, 6.45) is 37.3. The molecule has 0 saturated carbocycles. The zero-order valence-corrected chi connectivity index (χ0v) is 31.3. The fourth-order valence-corrected chi connectivity index (χ4v) is 6.13. The highest BCUT2D eigenvalue weighted by atomic mass is 31.1. The number of allylic oxidation sites excluding steroid dienone is 2. The summed E-state index contributed by atoms with van der Waals surface area (Å²) in [7, 11) is 2.30. The van der Waals surface area contributed by atoms with Crippen molar-refractivity contribution >= 4 is 20.7 Å². The van der Waals surface area contributed by atoms with Gasteiger partial charge in [-0.25, -0.2) is 0 Å². The number of hydrogen-bond donors (Lipinski definition) is 0. The van der Waals surface area contributed by atoms with Crippen molar-refractivity contribution < 1.29 is 28.3 Å². The van der Waals surface area contributed by atoms with Crippen LogP contribution in [-0.2, 0) is 28.3 Å². The fourth-order valence-electron chi connectivity index (χ4n) is 5.25. The second-order valence-corrected chi connectivity index (χ2v) is 13.6. The minimum atomic E-state index is -0.0743. The summed E-state index contributed by atoms with van der Waals surface area (Å²) in [6.45, 7) is 6.06. The first kappa shape index (κ1) is 44.8. The zero-order valence-electron chi connectivity index (χ0n) is 30.3. The number of hydrogen-bond acceptors (Lipinski definition) is 6. The Morgan fingerprint density at radius 3 is 1.50 bits per heavy atom. The second kappa shape index (κ2) is 38.2. The van der Waals surface area contributed by atoms with Crippen molar-refractivity contribution in [3.8, 4) is 0 Å². The molecule has 7 heteroatoms. The highest BCUT2D eigenvalue weighted by Gasteiger charge is 2.10. The van der Waals surface area contributed by atoms with E-state index in [1.54, 1.807) is 7.11 Å². The van der Waals surface area contributed by atoms with Crippen molar-refractivity contribution in [2.45, 2.75) is 180 Å². The van der Waals surface area contributed by atoms with Crippen molar-refractivity contribution in [1.29, 1.82) is 0 Å². The molecule has 0 radical (unpaired) electrons. The Kier molecular flexibility index (Phi) is 37.2. The Hall–Kier alpha value is -1.23. The van der Waals surface area contributed by atoms with E-state index in [0.717, 1.165) is 83.4 Å². The van der Waals surface area contributed by atoms with Gasteiger partial charge in [-0.3, -0.25) is 9.59 Å². The number of esters is 2. The Balaban J connectivity index is 3.92. The van der Waals surface area contributed by atoms with Gasteiger partial charge in [-0.15, -0.1) is 0 Å². The Bertz CT molecular complexity index is 659. The normalized spacial score (nSPS) is 12.0. The van der Waals surface area contributed by atoms with Crippen molar-refractivity contribution in [2.75, 3.05) is 33.1 Å². The maximum Gasteiger partial charge on any atom is 0.306 e. The average Bonchev–Trinajstić information content (AvgIpc) is 3.05. The van der Waals surface area contributed by atoms with Gasteiger partial charge >= 0.3 is 11.9 Å². The van der Waals surface area contributed by atoms with Gasteiger partial charge in [-0.1, -0.05) is 128 Å². The summed E-state index contributed by atoms with van der Waals surface area (Å²) < 4.78 is 22.1. The van der Waals surface area contributed by atoms with Crippen LogP contribution in [-0.4, -0.2) is 51.1 Å². The van der Waals surface area contributed by atoms with Crippen LogP contribution in [0, 0.1) is 0 Å². The van der Waals surface area contributed by atoms with Gasteiger partial charge in [0.25, 0.3) is 0 Å². The molecule has 6 nitrogen and oxygen atoms in total. The summed E-state index contributed by atoms with van der Waals surface area (Å²) in [5.41, 5.74) is 0. The van der Waals surface area contributed by atoms with E-state index in [9.17, 15) is 9.59 Å². The van der Waals surface area contributed by atoms with Gasteiger partial charge in [-0.05, 0) is 63.9 Å². The third-order valence-electron chi connectivity index (χ3n) is 8.15. The molecule has 0 rings (SSSR count). The first-order valence-corrected chi connectivity index (χ1v) is 20.2. The molecule has 46 heavy (non-hydrogen) atoms. The third-order valence-corrected chi connectivity index (χ3v) is 9.21. The van der Waals surface area contributed by atoms with Gasteiger partial charge < -0.3 is 18.7 Å². The smallest absolute Gasteiger partial charge is 0.306 e. The van der Waals surface area contributed by atoms with E-state index in [-0.39, 0.29) is 11.9 Å². The van der Waals surface area contributed by atoms with Crippen LogP contribution in [0.4, 0.5) is 0 Å². The second-order valence-electron chi connectivity index (χ2n) is 12.6. The molecule has 0 bridgehead atoms. The predicted molar refractivity (Wildman–Crippen MR) is 197 cm³/mol. The lowest BCUT2D eigenvalue weighted by Crippen LogP contribution is -2.09. The van der Waals surface area contributed by atoms with E-state index in [4.69, 9.17) is 18.7 Å². The fraction of sp³-hybridized carbons (Fsp3) is 0.846. The number of rotatable bonds is 36. The Morgan fingerprint density at radius 2 is 1.02 bits per heavy atom. The largest absolute Gasteiger partial charge is 0.461 e. The molecule has 1 unspecified atom stereocenters. The van der Waals surface area contributed by atoms with Crippen LogP contribution in [0.1, 0.15) is 174 Å². The van der Waals surface area contributed by atoms with Crippen molar-refractivity contribution in [3.63, 3.8) is 0 Å². The molecule has 0 fully saturated rings. The highest BCUT2D eigenvalue weighted by Crippen LogP contribution is 2.24. The summed E-state index contributed by atoms with van der Waals surface area (Å²) in [4.78, 5) is 23.9. The van der Waals surface area contributed by atoms with Crippen LogP contribution in [0.2, 0.25) is 0 Å². The lowest BCUT2D eigenvalue weighted by atomic mass is 10.0. The first-order valence-electron chi connectivity index (χ1n) is 19.1. The summed E-state index contributed by atoms with van der Waals surface area (Å²) in [6, 6.07) is 0. The molecule has 0 saturated heterocycles. The molecule has 0 aliphatic heterocycles. The summed E-state index contributed by atoms with van der Waals surface area (Å²) >= 11 is 0. The van der Waals surface area contributed by atoms with Gasteiger partial charge in [0, 0.05) is 35.4 Å². The van der Waals surface area contributed by atoms with Gasteiger partial charge in [0.05, 0.1) is 6.10 Å². The van der Waals surface area contributed by atoms with Gasteiger partial charge in [0.15, 0.2) is 0 Å². The van der Waals surface area contributed by atoms with E-state index in [1.165, 1.54) is 77.0 Å². The molecule has 0 aromatic rings. The molecule has 0 aromatic heterocycles. The Morgan fingerprint density at radius 1 is 0.565 bits per heavy atom. The zero-order chi connectivity index (χ0) is 33.6. The molecular formula is C39H73O6P. The summed E-state index contributed by atoms with van der Waals surface area (Å²) in [5.74, 6) is -0.149. The molecule has 0 amide bonds. The average molecular weight is 669 g/mol. The van der Waals surface area contributed by atoms with Crippen LogP contribution in [0.15, 0.2) is 24.3 Å². The van der Waals surface area contributed by atoms with E-state index in [2.05, 4.69) is 26.0 Å². The maximum absolute atomic E-state index is 12.0. The summed E-state index contributed by atoms with van der Waals surface area (Å²) in [5, 5.41) is 0. The van der Waals surface area contributed by atoms with Crippen LogP contribution in [0.25, 0.3) is 0 Å². The van der Waals surface area contributed by atoms with Gasteiger partial charge in [-0.2, -0.15) is 0 Å². The lowest BCUT2D eigenvalue weighted by molar-refractivity contribution is -0.143. The number of ether oxygens (including phenoxy) is 3. The molecule has 0 aromatic carbocycles. The minimum Gasteiger partial charge on any atom is -0.461 e. The number of methoxy groups -OCH3 is 1. The standard InChI is InChI=1S/C39H73O6P/c1-4-6-8-10-12-20-26-34-43-38(40)31-24-18-14-16-22-29-37(45-46-36-28-33-42-3)30-23-17-15-19-25-32-39(41)44-35-27-21-13-11-9-7-5-2/h20-21,26-27,37,46H,4-19,22-25,28-36H2,1-3H3/b26-20+,27-21+. The molecular weight excluding hydrogens is 595 g/mol. The van der Waals surface area contributed by atoms with Crippen molar-refractivity contribution in [1.82, 2.24) is 0 Å². The molecule has 0 aliphatic rings. The van der Waals surface area contributed by atoms with Gasteiger partial charge in [0.2, 0.25) is 0 Å². The molecule has 0 spiro atoms. The first-order chi connectivity index (χ1) is 22.6. The van der Waals surface area contributed by atoms with Crippen molar-refractivity contribution in [3.05, 3.63) is 24.3 Å².